The van der Waals surface area contributed by atoms with Crippen molar-refractivity contribution in [3.05, 3.63) is 77.4 Å². The van der Waals surface area contributed by atoms with Gasteiger partial charge in [-0.05, 0) is 56.3 Å². The first-order valence-corrected chi connectivity index (χ1v) is 14.5. The molecule has 39 heavy (non-hydrogen) atoms. The summed E-state index contributed by atoms with van der Waals surface area (Å²) in [5.41, 5.74) is 12.4. The monoisotopic (exact) mass is 513 g/mol. The van der Waals surface area contributed by atoms with Gasteiger partial charge in [0.1, 0.15) is 0 Å². The highest BCUT2D eigenvalue weighted by Gasteiger charge is 2.56. The van der Waals surface area contributed by atoms with Gasteiger partial charge >= 0.3 is 0 Å². The van der Waals surface area contributed by atoms with Crippen LogP contribution in [0.3, 0.4) is 0 Å². The van der Waals surface area contributed by atoms with Gasteiger partial charge in [-0.3, -0.25) is 9.97 Å². The molecule has 0 N–H and O–H groups in total. The van der Waals surface area contributed by atoms with Crippen LogP contribution in [0.15, 0.2) is 55.1 Å². The molecule has 0 fully saturated rings. The van der Waals surface area contributed by atoms with Gasteiger partial charge < -0.3 is 4.40 Å². The molecule has 4 heterocycles. The largest absolute Gasteiger partial charge is 0.305 e. The van der Waals surface area contributed by atoms with E-state index in [0.29, 0.717) is 0 Å². The molecule has 6 aromatic rings. The Hall–Kier alpha value is -3.46. The zero-order chi connectivity index (χ0) is 27.9. The van der Waals surface area contributed by atoms with Gasteiger partial charge in [0.15, 0.2) is 0 Å². The second kappa shape index (κ2) is 7.18. The van der Waals surface area contributed by atoms with Crippen molar-refractivity contribution in [2.45, 2.75) is 90.9 Å². The second-order valence-electron chi connectivity index (χ2n) is 13.6. The summed E-state index contributed by atoms with van der Waals surface area (Å²) in [5, 5.41) is 5.39. The van der Waals surface area contributed by atoms with Gasteiger partial charge in [0, 0.05) is 44.8 Å². The standard InChI is InChI=1S/C34H33N3.C2H6/c1-31(2)20-10-9-11-21-26(20)27-28(33(31,5)6)24-18-12-14-35-16-22(18)37-23-17-36-15-13-19(23)25(30(24)37)29(27)34(7,8)32(21,3)4;1-2/h9-17H,1-8H3;1-2H3. The van der Waals surface area contributed by atoms with E-state index in [9.17, 15) is 0 Å². The van der Waals surface area contributed by atoms with E-state index in [-0.39, 0.29) is 21.7 Å². The minimum atomic E-state index is -0.0891. The Balaban J connectivity index is 0.00000124. The van der Waals surface area contributed by atoms with Crippen LogP contribution in [0.4, 0.5) is 0 Å². The van der Waals surface area contributed by atoms with Crippen molar-refractivity contribution in [1.82, 2.24) is 14.4 Å². The number of benzene rings is 2. The average molecular weight is 514 g/mol. The number of rotatable bonds is 0. The quantitative estimate of drug-likeness (QED) is 0.202. The topological polar surface area (TPSA) is 30.2 Å². The van der Waals surface area contributed by atoms with Crippen LogP contribution in [0.2, 0.25) is 0 Å². The summed E-state index contributed by atoms with van der Waals surface area (Å²) < 4.78 is 2.45. The molecule has 0 amide bonds. The SMILES string of the molecule is CC.CC1(C)c2cccc3c2-c2c(c4c5ccncc5n5c6cnccc6c(c2C(C)(C)C3(C)C)c45)C1(C)C. The van der Waals surface area contributed by atoms with Gasteiger partial charge in [-0.2, -0.15) is 0 Å². The number of hydrogen-bond acceptors (Lipinski definition) is 2. The summed E-state index contributed by atoms with van der Waals surface area (Å²) >= 11 is 0. The van der Waals surface area contributed by atoms with E-state index in [1.165, 1.54) is 71.5 Å². The summed E-state index contributed by atoms with van der Waals surface area (Å²) in [4.78, 5) is 9.18. The van der Waals surface area contributed by atoms with Crippen molar-refractivity contribution < 1.29 is 0 Å². The lowest BCUT2D eigenvalue weighted by molar-refractivity contribution is 0.279. The average Bonchev–Trinajstić information content (AvgIpc) is 3.43. The molecule has 0 aliphatic heterocycles. The maximum absolute atomic E-state index is 4.59. The fraction of sp³-hybridized carbons (Fsp3) is 0.389. The minimum Gasteiger partial charge on any atom is -0.305 e. The van der Waals surface area contributed by atoms with Crippen molar-refractivity contribution in [2.75, 3.05) is 0 Å². The van der Waals surface area contributed by atoms with E-state index < -0.39 is 0 Å². The Bertz CT molecular complexity index is 1850. The van der Waals surface area contributed by atoms with Crippen molar-refractivity contribution in [2.24, 2.45) is 0 Å². The molecule has 2 aliphatic rings. The van der Waals surface area contributed by atoms with Crippen LogP contribution in [0.5, 0.6) is 0 Å². The Morgan fingerprint density at radius 3 is 1.44 bits per heavy atom. The molecule has 0 bridgehead atoms. The zero-order valence-corrected chi connectivity index (χ0v) is 25.0. The number of fused-ring (bicyclic) bond motifs is 8. The Labute approximate surface area is 231 Å². The molecule has 3 heteroatoms. The number of pyridine rings is 2. The fourth-order valence-electron chi connectivity index (χ4n) is 8.07. The van der Waals surface area contributed by atoms with E-state index in [4.69, 9.17) is 0 Å². The molecule has 4 aromatic heterocycles. The van der Waals surface area contributed by atoms with Crippen molar-refractivity contribution >= 4 is 38.1 Å². The molecule has 0 saturated carbocycles. The molecule has 2 aromatic carbocycles. The summed E-state index contributed by atoms with van der Waals surface area (Å²) in [6, 6.07) is 11.6. The normalized spacial score (nSPS) is 19.3. The summed E-state index contributed by atoms with van der Waals surface area (Å²) in [7, 11) is 0. The van der Waals surface area contributed by atoms with Crippen molar-refractivity contribution in [3.8, 4) is 11.1 Å². The lowest BCUT2D eigenvalue weighted by Gasteiger charge is -2.56. The second-order valence-corrected chi connectivity index (χ2v) is 13.6. The van der Waals surface area contributed by atoms with Gasteiger partial charge in [0.25, 0.3) is 0 Å². The molecule has 0 unspecified atom stereocenters. The maximum Gasteiger partial charge on any atom is 0.0725 e. The highest BCUT2D eigenvalue weighted by atomic mass is 14.9. The third-order valence-corrected chi connectivity index (χ3v) is 11.4. The van der Waals surface area contributed by atoms with Gasteiger partial charge in [0.05, 0.1) is 28.9 Å². The zero-order valence-electron chi connectivity index (χ0n) is 25.0. The van der Waals surface area contributed by atoms with Crippen LogP contribution in [0.1, 0.15) is 91.5 Å². The first-order chi connectivity index (χ1) is 18.4. The van der Waals surface area contributed by atoms with Crippen LogP contribution in [-0.4, -0.2) is 14.4 Å². The lowest BCUT2D eigenvalue weighted by Crippen LogP contribution is -2.50. The van der Waals surface area contributed by atoms with Gasteiger partial charge in [-0.1, -0.05) is 87.4 Å². The molecular weight excluding hydrogens is 474 g/mol. The van der Waals surface area contributed by atoms with E-state index in [1.807, 2.05) is 38.6 Å². The van der Waals surface area contributed by atoms with E-state index in [0.717, 1.165) is 0 Å². The fourth-order valence-corrected chi connectivity index (χ4v) is 8.07. The smallest absolute Gasteiger partial charge is 0.0725 e. The van der Waals surface area contributed by atoms with E-state index >= 15 is 0 Å². The molecule has 0 atom stereocenters. The van der Waals surface area contributed by atoms with Crippen LogP contribution in [0, 0.1) is 0 Å². The molecule has 0 saturated heterocycles. The van der Waals surface area contributed by atoms with Crippen LogP contribution in [-0.2, 0) is 21.7 Å². The first kappa shape index (κ1) is 24.6. The first-order valence-electron chi connectivity index (χ1n) is 14.5. The summed E-state index contributed by atoms with van der Waals surface area (Å²) in [6.07, 6.45) is 8.00. The predicted octanol–water partition coefficient (Wildman–Crippen LogP) is 9.46. The predicted molar refractivity (Wildman–Crippen MR) is 166 cm³/mol. The maximum atomic E-state index is 4.59. The van der Waals surface area contributed by atoms with E-state index in [2.05, 4.69) is 100 Å². The van der Waals surface area contributed by atoms with Crippen LogP contribution >= 0.6 is 0 Å². The van der Waals surface area contributed by atoms with Crippen LogP contribution in [0.25, 0.3) is 49.2 Å². The van der Waals surface area contributed by atoms with Crippen LogP contribution < -0.4 is 0 Å². The molecule has 8 rings (SSSR count). The Morgan fingerprint density at radius 1 is 0.564 bits per heavy atom. The summed E-state index contributed by atoms with van der Waals surface area (Å²) in [5.74, 6) is 0. The third-order valence-electron chi connectivity index (χ3n) is 11.4. The molecule has 198 valence electrons. The van der Waals surface area contributed by atoms with Gasteiger partial charge in [0.2, 0.25) is 0 Å². The highest BCUT2D eigenvalue weighted by molar-refractivity contribution is 6.28. The Morgan fingerprint density at radius 2 is 1.00 bits per heavy atom. The molecular formula is C36H39N3. The number of aromatic nitrogens is 3. The van der Waals surface area contributed by atoms with Crippen molar-refractivity contribution in [3.63, 3.8) is 0 Å². The molecule has 0 spiro atoms. The molecule has 0 radical (unpaired) electrons. The third kappa shape index (κ3) is 2.44. The number of hydrogen-bond donors (Lipinski definition) is 0. The Kier molecular flexibility index (Phi) is 4.53. The molecule has 3 nitrogen and oxygen atoms in total. The van der Waals surface area contributed by atoms with Gasteiger partial charge in [-0.25, -0.2) is 0 Å². The highest BCUT2D eigenvalue weighted by Crippen LogP contribution is 2.66. The van der Waals surface area contributed by atoms with Crippen molar-refractivity contribution in [1.29, 1.82) is 0 Å². The van der Waals surface area contributed by atoms with Gasteiger partial charge in [-0.15, -0.1) is 0 Å². The molecule has 2 aliphatic carbocycles. The summed E-state index contributed by atoms with van der Waals surface area (Å²) in [6.45, 7) is 23.7. The van der Waals surface area contributed by atoms with E-state index in [1.54, 1.807) is 0 Å². The number of nitrogens with zero attached hydrogens (tertiary/aromatic N) is 3. The minimum absolute atomic E-state index is 0.0431. The lowest BCUT2D eigenvalue weighted by atomic mass is 9.47.